The minimum Gasteiger partial charge on any atom is -0.444 e. The molecule has 1 fully saturated rings. The average Bonchev–Trinajstić information content (AvgIpc) is 2.41. The van der Waals surface area contributed by atoms with Crippen molar-refractivity contribution in [1.29, 1.82) is 0 Å². The van der Waals surface area contributed by atoms with Crippen LogP contribution in [0.3, 0.4) is 0 Å². The van der Waals surface area contributed by atoms with Gasteiger partial charge in [0.2, 0.25) is 0 Å². The summed E-state index contributed by atoms with van der Waals surface area (Å²) >= 11 is 0. The molecule has 0 spiro atoms. The summed E-state index contributed by atoms with van der Waals surface area (Å²) in [6.07, 6.45) is -0.357. The largest absolute Gasteiger partial charge is 0.444 e. The van der Waals surface area contributed by atoms with Crippen LogP contribution in [0.25, 0.3) is 0 Å². The second-order valence-corrected chi connectivity index (χ2v) is 8.27. The lowest BCUT2D eigenvalue weighted by Gasteiger charge is -2.43. The summed E-state index contributed by atoms with van der Waals surface area (Å²) in [5.74, 6) is 0. The van der Waals surface area contributed by atoms with Crippen molar-refractivity contribution in [3.8, 4) is 0 Å². The summed E-state index contributed by atoms with van der Waals surface area (Å²) in [6.45, 7) is 18.2. The molecule has 1 unspecified atom stereocenters. The van der Waals surface area contributed by atoms with E-state index in [2.05, 4.69) is 48.3 Å². The van der Waals surface area contributed by atoms with Gasteiger partial charge in [-0.1, -0.05) is 0 Å². The van der Waals surface area contributed by atoms with Gasteiger partial charge in [0.1, 0.15) is 5.60 Å². The Hall–Kier alpha value is -0.850. The van der Waals surface area contributed by atoms with Gasteiger partial charge in [-0.25, -0.2) is 4.79 Å². The topological polar surface area (TPSA) is 56.8 Å². The molecule has 6 heteroatoms. The molecule has 6 nitrogen and oxygen atoms in total. The molecule has 0 radical (unpaired) electrons. The molecule has 2 N–H and O–H groups in total. The fraction of sp³-hybridized carbons (Fsp3) is 0.941. The molecule has 0 aromatic carbocycles. The van der Waals surface area contributed by atoms with Crippen molar-refractivity contribution in [2.45, 2.75) is 58.7 Å². The van der Waals surface area contributed by atoms with E-state index in [1.54, 1.807) is 0 Å². The number of piperazine rings is 1. The van der Waals surface area contributed by atoms with Crippen LogP contribution in [0.5, 0.6) is 0 Å². The summed E-state index contributed by atoms with van der Waals surface area (Å²) in [5.41, 5.74) is -0.342. The summed E-state index contributed by atoms with van der Waals surface area (Å²) in [5, 5.41) is 6.34. The van der Waals surface area contributed by atoms with Gasteiger partial charge in [0.25, 0.3) is 0 Å². The van der Waals surface area contributed by atoms with Gasteiger partial charge < -0.3 is 20.3 Å². The standard InChI is InChI=1S/C17H36N4O2/c1-14(12-18-15(22)23-16(2,3)4)19-13-17(5,6)21-10-8-20(7)9-11-21/h14,19H,8-13H2,1-7H3,(H,18,22). The Bertz CT molecular complexity index is 371. The zero-order valence-corrected chi connectivity index (χ0v) is 16.0. The Kier molecular flexibility index (Phi) is 7.29. The Morgan fingerprint density at radius 1 is 1.13 bits per heavy atom. The van der Waals surface area contributed by atoms with Gasteiger partial charge in [0.15, 0.2) is 0 Å². The highest BCUT2D eigenvalue weighted by Crippen LogP contribution is 2.15. The van der Waals surface area contributed by atoms with Crippen molar-refractivity contribution < 1.29 is 9.53 Å². The molecule has 23 heavy (non-hydrogen) atoms. The Morgan fingerprint density at radius 2 is 1.70 bits per heavy atom. The minimum absolute atomic E-state index is 0.113. The Balaban J connectivity index is 2.29. The van der Waals surface area contributed by atoms with Crippen LogP contribution in [0.1, 0.15) is 41.5 Å². The smallest absolute Gasteiger partial charge is 0.407 e. The summed E-state index contributed by atoms with van der Waals surface area (Å²) < 4.78 is 5.25. The molecule has 0 bridgehead atoms. The van der Waals surface area contributed by atoms with E-state index in [0.717, 1.165) is 32.7 Å². The first-order valence-electron chi connectivity index (χ1n) is 8.63. The number of ether oxygens (including phenoxy) is 1. The predicted molar refractivity (Wildman–Crippen MR) is 94.9 cm³/mol. The number of alkyl carbamates (subject to hydrolysis) is 1. The highest BCUT2D eigenvalue weighted by Gasteiger charge is 2.29. The minimum atomic E-state index is -0.454. The highest BCUT2D eigenvalue weighted by molar-refractivity contribution is 5.67. The normalized spacial score (nSPS) is 19.4. The summed E-state index contributed by atoms with van der Waals surface area (Å²) in [4.78, 5) is 16.6. The van der Waals surface area contributed by atoms with Crippen LogP contribution >= 0.6 is 0 Å². The Morgan fingerprint density at radius 3 is 2.22 bits per heavy atom. The van der Waals surface area contributed by atoms with Gasteiger partial charge in [-0.3, -0.25) is 4.90 Å². The molecule has 0 aromatic rings. The first-order valence-corrected chi connectivity index (χ1v) is 8.63. The van der Waals surface area contributed by atoms with Gasteiger partial charge in [-0.2, -0.15) is 0 Å². The van der Waals surface area contributed by atoms with Crippen LogP contribution in [-0.4, -0.2) is 79.4 Å². The van der Waals surface area contributed by atoms with E-state index in [1.807, 2.05) is 20.8 Å². The fourth-order valence-corrected chi connectivity index (χ4v) is 2.57. The Labute approximate surface area is 141 Å². The quantitative estimate of drug-likeness (QED) is 0.774. The lowest BCUT2D eigenvalue weighted by atomic mass is 10.0. The van der Waals surface area contributed by atoms with Gasteiger partial charge in [0.05, 0.1) is 0 Å². The number of nitrogens with one attached hydrogen (secondary N) is 2. The molecule has 0 aromatic heterocycles. The number of likely N-dealkylation sites (N-methyl/N-ethyl adjacent to an activating group) is 1. The molecule has 1 aliphatic heterocycles. The van der Waals surface area contributed by atoms with Crippen LogP contribution in [0, 0.1) is 0 Å². The zero-order chi connectivity index (χ0) is 17.7. The summed E-state index contributed by atoms with van der Waals surface area (Å²) in [7, 11) is 2.17. The van der Waals surface area contributed by atoms with E-state index in [4.69, 9.17) is 4.74 Å². The van der Waals surface area contributed by atoms with E-state index < -0.39 is 5.60 Å². The number of carbonyl (C=O) groups is 1. The summed E-state index contributed by atoms with van der Waals surface area (Å²) in [6, 6.07) is 0.203. The lowest BCUT2D eigenvalue weighted by Crippen LogP contribution is -2.58. The van der Waals surface area contributed by atoms with Crippen molar-refractivity contribution in [3.63, 3.8) is 0 Å². The van der Waals surface area contributed by atoms with Crippen LogP contribution in [0.4, 0.5) is 4.79 Å². The molecular weight excluding hydrogens is 292 g/mol. The third kappa shape index (κ3) is 7.99. The lowest BCUT2D eigenvalue weighted by molar-refractivity contribution is 0.0514. The van der Waals surface area contributed by atoms with Crippen LogP contribution < -0.4 is 10.6 Å². The van der Waals surface area contributed by atoms with E-state index in [9.17, 15) is 4.79 Å². The molecule has 1 atom stereocenters. The molecule has 1 aliphatic rings. The van der Waals surface area contributed by atoms with Crippen molar-refractivity contribution >= 4 is 6.09 Å². The van der Waals surface area contributed by atoms with E-state index in [0.29, 0.717) is 6.54 Å². The second-order valence-electron chi connectivity index (χ2n) is 8.27. The molecule has 136 valence electrons. The number of amides is 1. The predicted octanol–water partition coefficient (Wildman–Crippen LogP) is 1.52. The van der Waals surface area contributed by atoms with Gasteiger partial charge in [-0.15, -0.1) is 0 Å². The SMILES string of the molecule is CC(CNC(=O)OC(C)(C)C)NCC(C)(C)N1CCN(C)CC1. The van der Waals surface area contributed by atoms with E-state index >= 15 is 0 Å². The molecule has 1 rings (SSSR count). The maximum absolute atomic E-state index is 11.7. The monoisotopic (exact) mass is 328 g/mol. The third-order valence-electron chi connectivity index (χ3n) is 4.19. The molecule has 0 saturated carbocycles. The number of hydrogen-bond acceptors (Lipinski definition) is 5. The first kappa shape index (κ1) is 20.2. The van der Waals surface area contributed by atoms with Crippen LogP contribution in [0.15, 0.2) is 0 Å². The first-order chi connectivity index (χ1) is 10.5. The van der Waals surface area contributed by atoms with Crippen molar-refractivity contribution in [1.82, 2.24) is 20.4 Å². The van der Waals surface area contributed by atoms with Crippen molar-refractivity contribution in [3.05, 3.63) is 0 Å². The molecule has 1 heterocycles. The number of carbonyl (C=O) groups excluding carboxylic acids is 1. The number of hydrogen-bond donors (Lipinski definition) is 2. The van der Waals surface area contributed by atoms with Crippen LogP contribution in [0.2, 0.25) is 0 Å². The van der Waals surface area contributed by atoms with E-state index in [1.165, 1.54) is 0 Å². The zero-order valence-electron chi connectivity index (χ0n) is 16.0. The fourth-order valence-electron chi connectivity index (χ4n) is 2.57. The van der Waals surface area contributed by atoms with Crippen LogP contribution in [-0.2, 0) is 4.74 Å². The average molecular weight is 329 g/mol. The maximum Gasteiger partial charge on any atom is 0.407 e. The molecule has 1 amide bonds. The van der Waals surface area contributed by atoms with Crippen molar-refractivity contribution in [2.75, 3.05) is 46.3 Å². The number of nitrogens with zero attached hydrogens (tertiary/aromatic N) is 2. The van der Waals surface area contributed by atoms with Gasteiger partial charge >= 0.3 is 6.09 Å². The van der Waals surface area contributed by atoms with E-state index in [-0.39, 0.29) is 17.7 Å². The second kappa shape index (κ2) is 8.31. The van der Waals surface area contributed by atoms with Gasteiger partial charge in [0, 0.05) is 50.8 Å². The number of rotatable bonds is 6. The molecule has 1 saturated heterocycles. The maximum atomic E-state index is 11.7. The van der Waals surface area contributed by atoms with Gasteiger partial charge in [-0.05, 0) is 48.6 Å². The van der Waals surface area contributed by atoms with Crippen molar-refractivity contribution in [2.24, 2.45) is 0 Å². The third-order valence-corrected chi connectivity index (χ3v) is 4.19. The molecular formula is C17H36N4O2. The molecule has 0 aliphatic carbocycles. The highest BCUT2D eigenvalue weighted by atomic mass is 16.6.